The van der Waals surface area contributed by atoms with E-state index in [-0.39, 0.29) is 5.92 Å². The van der Waals surface area contributed by atoms with Gasteiger partial charge in [-0.3, -0.25) is 0 Å². The van der Waals surface area contributed by atoms with Crippen molar-refractivity contribution in [3.8, 4) is 11.6 Å². The Morgan fingerprint density at radius 3 is 2.53 bits per heavy atom. The fourth-order valence-electron chi connectivity index (χ4n) is 2.01. The van der Waals surface area contributed by atoms with E-state index in [1.165, 1.54) is 5.69 Å². The molecule has 0 aliphatic carbocycles. The molecule has 2 aromatic heterocycles. The average Bonchev–Trinajstić information content (AvgIpc) is 3.09. The summed E-state index contributed by atoms with van der Waals surface area (Å²) in [6, 6.07) is 0. The third-order valence-electron chi connectivity index (χ3n) is 3.02. The zero-order valence-corrected chi connectivity index (χ0v) is 12.2. The molecule has 3 rings (SSSR count). The monoisotopic (exact) mass is 263 g/mol. The molecule has 0 unspecified atom stereocenters. The maximum atomic E-state index is 5.21. The minimum Gasteiger partial charge on any atom is -0.339 e. The highest BCUT2D eigenvalue weighted by Crippen LogP contribution is 2.23. The first-order valence-electron chi connectivity index (χ1n) is 6.76. The van der Waals surface area contributed by atoms with Gasteiger partial charge in [0.1, 0.15) is 0 Å². The molecule has 3 heterocycles. The van der Waals surface area contributed by atoms with E-state index in [0.717, 1.165) is 24.6 Å². The lowest BCUT2D eigenvalue weighted by Gasteiger charge is -2.00. The number of fused-ring (bicyclic) bond motifs is 1. The predicted molar refractivity (Wildman–Crippen MR) is 72.5 cm³/mol. The van der Waals surface area contributed by atoms with E-state index in [9.17, 15) is 0 Å². The van der Waals surface area contributed by atoms with Gasteiger partial charge in [-0.2, -0.15) is 4.98 Å². The van der Waals surface area contributed by atoms with Crippen LogP contribution >= 0.6 is 0 Å². The molecule has 0 fully saturated rings. The van der Waals surface area contributed by atoms with Gasteiger partial charge < -0.3 is 14.4 Å². The van der Waals surface area contributed by atoms with Crippen molar-refractivity contribution >= 4 is 0 Å². The molecule has 1 N–H and O–H groups in total. The second kappa shape index (κ2) is 5.52. The van der Waals surface area contributed by atoms with Gasteiger partial charge >= 0.3 is 0 Å². The Labute approximate surface area is 113 Å². The maximum absolute atomic E-state index is 5.21. The highest BCUT2D eigenvalue weighted by molar-refractivity contribution is 5.46. The van der Waals surface area contributed by atoms with Crippen LogP contribution in [0.15, 0.2) is 4.52 Å². The van der Waals surface area contributed by atoms with Crippen LogP contribution in [0.4, 0.5) is 0 Å². The molecule has 0 atom stereocenters. The Morgan fingerprint density at radius 1 is 1.21 bits per heavy atom. The highest BCUT2D eigenvalue weighted by atomic mass is 16.5. The maximum Gasteiger partial charge on any atom is 0.238 e. The van der Waals surface area contributed by atoms with Crippen LogP contribution in [0.2, 0.25) is 0 Å². The van der Waals surface area contributed by atoms with Crippen LogP contribution in [-0.2, 0) is 20.1 Å². The molecule has 6 heteroatoms. The van der Waals surface area contributed by atoms with Crippen LogP contribution in [0.5, 0.6) is 0 Å². The van der Waals surface area contributed by atoms with E-state index in [4.69, 9.17) is 4.52 Å². The van der Waals surface area contributed by atoms with Crippen molar-refractivity contribution in [3.05, 3.63) is 17.3 Å². The fourth-order valence-corrected chi connectivity index (χ4v) is 2.01. The van der Waals surface area contributed by atoms with Gasteiger partial charge in [0, 0.05) is 26.1 Å². The quantitative estimate of drug-likeness (QED) is 0.899. The number of hydrogen-bond acceptors (Lipinski definition) is 5. The van der Waals surface area contributed by atoms with Crippen molar-refractivity contribution in [3.63, 3.8) is 0 Å². The summed E-state index contributed by atoms with van der Waals surface area (Å²) in [4.78, 5) is 8.92. The molecule has 0 saturated carbocycles. The topological polar surface area (TPSA) is 68.8 Å². The molecule has 2 aromatic rings. The minimum absolute atomic E-state index is 0.241. The van der Waals surface area contributed by atoms with Crippen molar-refractivity contribution in [1.82, 2.24) is 25.0 Å². The van der Waals surface area contributed by atoms with Crippen molar-refractivity contribution in [2.24, 2.45) is 7.05 Å². The molecule has 1 aliphatic rings. The molecular formula is C13H21N5O. The van der Waals surface area contributed by atoms with E-state index in [1.54, 1.807) is 0 Å². The van der Waals surface area contributed by atoms with Crippen molar-refractivity contribution in [1.29, 1.82) is 0 Å². The van der Waals surface area contributed by atoms with Gasteiger partial charge in [0.05, 0.1) is 11.4 Å². The zero-order valence-electron chi connectivity index (χ0n) is 12.2. The third-order valence-corrected chi connectivity index (χ3v) is 3.02. The Balaban J connectivity index is 0.000000637. The largest absolute Gasteiger partial charge is 0.339 e. The summed E-state index contributed by atoms with van der Waals surface area (Å²) < 4.78 is 7.24. The molecule has 0 amide bonds. The molecule has 0 bridgehead atoms. The Bertz CT molecular complexity index is 555. The van der Waals surface area contributed by atoms with E-state index in [2.05, 4.69) is 20.4 Å². The summed E-state index contributed by atoms with van der Waals surface area (Å²) in [5, 5.41) is 7.25. The Kier molecular flexibility index (Phi) is 3.99. The van der Waals surface area contributed by atoms with Crippen LogP contribution in [-0.4, -0.2) is 19.7 Å². The molecule has 1 aliphatic heterocycles. The van der Waals surface area contributed by atoms with Crippen LogP contribution in [0, 0.1) is 0 Å². The zero-order chi connectivity index (χ0) is 14.0. The second-order valence-electron chi connectivity index (χ2n) is 4.60. The summed E-state index contributed by atoms with van der Waals surface area (Å²) in [5.41, 5.74) is 2.29. The van der Waals surface area contributed by atoms with Gasteiger partial charge in [-0.15, -0.1) is 0 Å². The van der Waals surface area contributed by atoms with Crippen LogP contribution in [0.25, 0.3) is 11.6 Å². The summed E-state index contributed by atoms with van der Waals surface area (Å²) in [7, 11) is 1.99. The fraction of sp³-hybridized carbons (Fsp3) is 0.615. The molecule has 0 spiro atoms. The average molecular weight is 263 g/mol. The number of aromatic nitrogens is 4. The Morgan fingerprint density at radius 2 is 1.95 bits per heavy atom. The lowest BCUT2D eigenvalue weighted by Crippen LogP contribution is -2.06. The smallest absolute Gasteiger partial charge is 0.238 e. The highest BCUT2D eigenvalue weighted by Gasteiger charge is 2.23. The van der Waals surface area contributed by atoms with E-state index < -0.39 is 0 Å². The molecule has 19 heavy (non-hydrogen) atoms. The van der Waals surface area contributed by atoms with Crippen molar-refractivity contribution in [2.75, 3.05) is 0 Å². The van der Waals surface area contributed by atoms with Gasteiger partial charge in [-0.1, -0.05) is 32.9 Å². The predicted octanol–water partition coefficient (Wildman–Crippen LogP) is 2.22. The number of nitrogens with zero attached hydrogens (tertiary/aromatic N) is 4. The van der Waals surface area contributed by atoms with Gasteiger partial charge in [0.15, 0.2) is 5.82 Å². The summed E-state index contributed by atoms with van der Waals surface area (Å²) in [6.07, 6.45) is 0. The van der Waals surface area contributed by atoms with Gasteiger partial charge in [-0.05, 0) is 0 Å². The second-order valence-corrected chi connectivity index (χ2v) is 4.60. The Hall–Kier alpha value is -1.69. The van der Waals surface area contributed by atoms with Crippen molar-refractivity contribution < 1.29 is 4.52 Å². The summed E-state index contributed by atoms with van der Waals surface area (Å²) in [6.45, 7) is 9.73. The molecule has 104 valence electrons. The van der Waals surface area contributed by atoms with Gasteiger partial charge in [-0.25, -0.2) is 4.98 Å². The summed E-state index contributed by atoms with van der Waals surface area (Å²) >= 11 is 0. The molecule has 0 aromatic carbocycles. The molecule has 6 nitrogen and oxygen atoms in total. The SMILES string of the molecule is CC.CC(C)c1nc(-c2nc3c(n2C)CNC3)no1. The first kappa shape index (κ1) is 13.7. The van der Waals surface area contributed by atoms with Crippen LogP contribution < -0.4 is 5.32 Å². The van der Waals surface area contributed by atoms with Gasteiger partial charge in [0.25, 0.3) is 0 Å². The van der Waals surface area contributed by atoms with Crippen LogP contribution in [0.1, 0.15) is 50.9 Å². The first-order chi connectivity index (χ1) is 9.16. The van der Waals surface area contributed by atoms with Crippen molar-refractivity contribution in [2.45, 2.75) is 46.7 Å². The normalized spacial score (nSPS) is 13.4. The number of imidazole rings is 1. The van der Waals surface area contributed by atoms with E-state index >= 15 is 0 Å². The minimum atomic E-state index is 0.241. The van der Waals surface area contributed by atoms with Crippen LogP contribution in [0.3, 0.4) is 0 Å². The number of rotatable bonds is 2. The van der Waals surface area contributed by atoms with E-state index in [1.807, 2.05) is 39.3 Å². The van der Waals surface area contributed by atoms with E-state index in [0.29, 0.717) is 11.7 Å². The number of nitrogens with one attached hydrogen (secondary N) is 1. The third kappa shape index (κ3) is 2.40. The molecular weight excluding hydrogens is 242 g/mol. The lowest BCUT2D eigenvalue weighted by atomic mass is 10.2. The summed E-state index contributed by atoms with van der Waals surface area (Å²) in [5.74, 6) is 2.25. The molecule has 0 radical (unpaired) electrons. The van der Waals surface area contributed by atoms with Gasteiger partial charge in [0.2, 0.25) is 11.7 Å². The lowest BCUT2D eigenvalue weighted by molar-refractivity contribution is 0.365. The number of hydrogen-bond donors (Lipinski definition) is 1. The first-order valence-corrected chi connectivity index (χ1v) is 6.76. The molecule has 0 saturated heterocycles. The standard InChI is InChI=1S/C11H15N5O.C2H6/c1-6(2)11-14-9(15-17-11)10-13-7-4-12-5-8(7)16(10)3;1-2/h6,12H,4-5H2,1-3H3;1-2H3.